The smallest absolute Gasteiger partial charge is 0.282 e. The van der Waals surface area contributed by atoms with Crippen molar-refractivity contribution in [2.45, 2.75) is 19.6 Å². The highest BCUT2D eigenvalue weighted by Gasteiger charge is 2.30. The summed E-state index contributed by atoms with van der Waals surface area (Å²) in [6.07, 6.45) is 0. The number of rotatable bonds is 4. The van der Waals surface area contributed by atoms with Crippen LogP contribution in [-0.2, 0) is 30.1 Å². The molecule has 0 unspecified atom stereocenters. The van der Waals surface area contributed by atoms with Gasteiger partial charge >= 0.3 is 0 Å². The second-order valence-electron chi connectivity index (χ2n) is 4.88. The molecule has 8 nitrogen and oxygen atoms in total. The van der Waals surface area contributed by atoms with Gasteiger partial charge in [0.2, 0.25) is 9.84 Å². The molecule has 0 aliphatic heterocycles. The van der Waals surface area contributed by atoms with E-state index in [1.807, 2.05) is 0 Å². The molecule has 0 heterocycles. The molecular formula is C12H6Cl4O8S3. The Morgan fingerprint density at radius 1 is 0.593 bits per heavy atom. The molecule has 2 aromatic rings. The molecule has 0 bridgehead atoms. The number of benzene rings is 2. The minimum atomic E-state index is -5.16. The van der Waals surface area contributed by atoms with Crippen LogP contribution in [0.2, 0.25) is 20.1 Å². The summed E-state index contributed by atoms with van der Waals surface area (Å²) in [7, 11) is -15.0. The number of hydrogen-bond donors (Lipinski definition) is 2. The van der Waals surface area contributed by atoms with Gasteiger partial charge in [-0.25, -0.2) is 8.42 Å². The molecule has 0 aliphatic rings. The quantitative estimate of drug-likeness (QED) is 0.464. The monoisotopic (exact) mass is 514 g/mol. The summed E-state index contributed by atoms with van der Waals surface area (Å²) >= 11 is 22.9. The van der Waals surface area contributed by atoms with E-state index in [9.17, 15) is 34.4 Å². The van der Waals surface area contributed by atoms with Crippen molar-refractivity contribution in [3.05, 3.63) is 44.4 Å². The Hall–Kier alpha value is -0.630. The molecule has 0 spiro atoms. The van der Waals surface area contributed by atoms with Gasteiger partial charge in [0.25, 0.3) is 20.2 Å². The number of halogens is 4. The summed E-state index contributed by atoms with van der Waals surface area (Å²) in [6.45, 7) is 0. The zero-order chi connectivity index (χ0) is 20.9. The molecule has 0 aliphatic carbocycles. The lowest BCUT2D eigenvalue weighted by Crippen LogP contribution is -2.10. The van der Waals surface area contributed by atoms with E-state index < -0.39 is 59.7 Å². The molecule has 0 aromatic heterocycles. The molecule has 2 N–H and O–H groups in total. The van der Waals surface area contributed by atoms with E-state index in [1.54, 1.807) is 0 Å². The summed E-state index contributed by atoms with van der Waals surface area (Å²) in [4.78, 5) is -4.10. The first-order chi connectivity index (χ1) is 12.1. The van der Waals surface area contributed by atoms with Crippen molar-refractivity contribution in [1.29, 1.82) is 0 Å². The van der Waals surface area contributed by atoms with Gasteiger partial charge in [-0.05, 0) is 24.3 Å². The topological polar surface area (TPSA) is 143 Å². The summed E-state index contributed by atoms with van der Waals surface area (Å²) in [6, 6.07) is 2.67. The Morgan fingerprint density at radius 2 is 1.00 bits per heavy atom. The predicted octanol–water partition coefficient (Wildman–Crippen LogP) is 3.63. The third-order valence-corrected chi connectivity index (χ3v) is 8.42. The minimum absolute atomic E-state index is 0.0750. The Kier molecular flexibility index (Phi) is 6.14. The van der Waals surface area contributed by atoms with Crippen LogP contribution in [-0.4, -0.2) is 34.4 Å². The third-order valence-electron chi connectivity index (χ3n) is 3.11. The first-order valence-corrected chi connectivity index (χ1v) is 12.1. The van der Waals surface area contributed by atoms with Crippen LogP contribution in [0.5, 0.6) is 0 Å². The fraction of sp³-hybridized carbons (Fsp3) is 0. The normalized spacial score (nSPS) is 13.0. The second-order valence-corrected chi connectivity index (χ2v) is 11.2. The Morgan fingerprint density at radius 3 is 1.41 bits per heavy atom. The standard InChI is InChI=1S/C12H6Cl4O8S3/c13-6-3-8(15)9(4-7(6)14)25(17,18)5-1-10(26(19,20)21)12(16)11(2-5)27(22,23)24/h1-4H,(H,19,20,21)(H,22,23,24). The number of hydrogen-bond acceptors (Lipinski definition) is 6. The van der Waals surface area contributed by atoms with Crippen molar-refractivity contribution < 1.29 is 34.4 Å². The Balaban J connectivity index is 2.96. The summed E-state index contributed by atoms with van der Waals surface area (Å²) in [5.41, 5.74) is 0. The Bertz CT molecular complexity index is 1210. The fourth-order valence-corrected chi connectivity index (χ4v) is 6.35. The van der Waals surface area contributed by atoms with Gasteiger partial charge < -0.3 is 0 Å². The van der Waals surface area contributed by atoms with Gasteiger partial charge in [0.1, 0.15) is 9.79 Å². The molecule has 15 heteroatoms. The van der Waals surface area contributed by atoms with E-state index in [1.165, 1.54) is 0 Å². The highest BCUT2D eigenvalue weighted by atomic mass is 35.5. The molecule has 2 rings (SSSR count). The van der Waals surface area contributed by atoms with Crippen molar-refractivity contribution in [2.75, 3.05) is 0 Å². The first kappa shape index (κ1) is 22.7. The van der Waals surface area contributed by atoms with Crippen LogP contribution in [0, 0.1) is 0 Å². The molecule has 27 heavy (non-hydrogen) atoms. The molecule has 0 atom stereocenters. The largest absolute Gasteiger partial charge is 0.296 e. The van der Waals surface area contributed by atoms with Crippen molar-refractivity contribution in [3.63, 3.8) is 0 Å². The molecule has 0 amide bonds. The zero-order valence-electron chi connectivity index (χ0n) is 12.4. The SMILES string of the molecule is O=S(=O)(O)c1cc(S(=O)(=O)c2cc(Cl)c(Cl)cc2Cl)cc(S(=O)(=O)O)c1Cl. The van der Waals surface area contributed by atoms with Gasteiger partial charge in [-0.1, -0.05) is 46.4 Å². The van der Waals surface area contributed by atoms with Crippen LogP contribution in [0.25, 0.3) is 0 Å². The highest BCUT2D eigenvalue weighted by Crippen LogP contribution is 2.38. The average Bonchev–Trinajstić information content (AvgIpc) is 2.48. The van der Waals surface area contributed by atoms with Crippen LogP contribution < -0.4 is 0 Å². The van der Waals surface area contributed by atoms with Gasteiger partial charge in [0.05, 0.1) is 29.9 Å². The van der Waals surface area contributed by atoms with E-state index in [4.69, 9.17) is 46.4 Å². The van der Waals surface area contributed by atoms with E-state index in [2.05, 4.69) is 0 Å². The van der Waals surface area contributed by atoms with Gasteiger partial charge in [-0.15, -0.1) is 0 Å². The minimum Gasteiger partial charge on any atom is -0.282 e. The van der Waals surface area contributed by atoms with E-state index in [-0.39, 0.29) is 10.0 Å². The van der Waals surface area contributed by atoms with Crippen molar-refractivity contribution >= 4 is 76.5 Å². The number of sulfone groups is 1. The summed E-state index contributed by atoms with van der Waals surface area (Å²) < 4.78 is 89.8. The lowest BCUT2D eigenvalue weighted by molar-refractivity contribution is 0.480. The van der Waals surface area contributed by atoms with E-state index >= 15 is 0 Å². The first-order valence-electron chi connectivity index (χ1n) is 6.25. The van der Waals surface area contributed by atoms with Crippen LogP contribution in [0.15, 0.2) is 43.8 Å². The van der Waals surface area contributed by atoms with Gasteiger partial charge in [-0.3, -0.25) is 9.11 Å². The van der Waals surface area contributed by atoms with Crippen molar-refractivity contribution in [1.82, 2.24) is 0 Å². The molecule has 0 saturated carbocycles. The Labute approximate surface area is 174 Å². The second kappa shape index (κ2) is 7.32. The third kappa shape index (κ3) is 4.52. The van der Waals surface area contributed by atoms with Gasteiger partial charge in [0, 0.05) is 0 Å². The zero-order valence-corrected chi connectivity index (χ0v) is 17.9. The van der Waals surface area contributed by atoms with E-state index in [0.29, 0.717) is 12.1 Å². The van der Waals surface area contributed by atoms with Crippen LogP contribution >= 0.6 is 46.4 Å². The van der Waals surface area contributed by atoms with Crippen molar-refractivity contribution in [3.8, 4) is 0 Å². The molecule has 148 valence electrons. The maximum Gasteiger partial charge on any atom is 0.296 e. The van der Waals surface area contributed by atoms with Crippen molar-refractivity contribution in [2.24, 2.45) is 0 Å². The van der Waals surface area contributed by atoms with Gasteiger partial charge in [-0.2, -0.15) is 16.8 Å². The summed E-state index contributed by atoms with van der Waals surface area (Å²) in [5, 5.41) is -1.78. The predicted molar refractivity (Wildman–Crippen MR) is 98.0 cm³/mol. The molecule has 0 saturated heterocycles. The van der Waals surface area contributed by atoms with Gasteiger partial charge in [0.15, 0.2) is 0 Å². The van der Waals surface area contributed by atoms with Crippen LogP contribution in [0.1, 0.15) is 0 Å². The lowest BCUT2D eigenvalue weighted by atomic mass is 10.3. The summed E-state index contributed by atoms with van der Waals surface area (Å²) in [5.74, 6) is 0. The van der Waals surface area contributed by atoms with Crippen LogP contribution in [0.3, 0.4) is 0 Å². The molecule has 0 fully saturated rings. The molecular weight excluding hydrogens is 510 g/mol. The fourth-order valence-electron chi connectivity index (χ4n) is 1.92. The highest BCUT2D eigenvalue weighted by molar-refractivity contribution is 7.92. The maximum absolute atomic E-state index is 12.8. The lowest BCUT2D eigenvalue weighted by Gasteiger charge is -2.12. The molecule has 0 radical (unpaired) electrons. The van der Waals surface area contributed by atoms with E-state index in [0.717, 1.165) is 12.1 Å². The average molecular weight is 516 g/mol. The van der Waals surface area contributed by atoms with Crippen LogP contribution in [0.4, 0.5) is 0 Å². The maximum atomic E-state index is 12.8. The molecule has 2 aromatic carbocycles.